The lowest BCUT2D eigenvalue weighted by Crippen LogP contribution is -2.56. The Morgan fingerprint density at radius 2 is 1.70 bits per heavy atom. The number of hydrogen-bond acceptors (Lipinski definition) is 2. The molecule has 20 heavy (non-hydrogen) atoms. The lowest BCUT2D eigenvalue weighted by Gasteiger charge is -2.43. The summed E-state index contributed by atoms with van der Waals surface area (Å²) in [6.07, 6.45) is 0.657. The Bertz CT molecular complexity index is 638. The van der Waals surface area contributed by atoms with E-state index >= 15 is 0 Å². The number of carbonyl (C=O) groups excluding carboxylic acids is 1. The fourth-order valence-electron chi connectivity index (χ4n) is 2.56. The van der Waals surface area contributed by atoms with Crippen LogP contribution in [-0.4, -0.2) is 23.6 Å². The van der Waals surface area contributed by atoms with Gasteiger partial charge in [-0.05, 0) is 24.6 Å². The second-order valence-electron chi connectivity index (χ2n) is 5.30. The van der Waals surface area contributed by atoms with Crippen molar-refractivity contribution in [1.82, 2.24) is 4.90 Å². The number of likely N-dealkylation sites (N-methyl/N-ethyl adjacent to an activating group) is 1. The van der Waals surface area contributed by atoms with E-state index in [-0.39, 0.29) is 5.91 Å². The number of carbonyl (C=O) groups is 1. The zero-order chi connectivity index (χ0) is 14.2. The Morgan fingerprint density at radius 3 is 2.45 bits per heavy atom. The van der Waals surface area contributed by atoms with Gasteiger partial charge in [0.2, 0.25) is 0 Å². The molecule has 3 rings (SSSR count). The largest absolute Gasteiger partial charge is 0.467 e. The van der Waals surface area contributed by atoms with Crippen molar-refractivity contribution in [3.05, 3.63) is 65.7 Å². The summed E-state index contributed by atoms with van der Waals surface area (Å²) in [5, 5.41) is 0. The monoisotopic (exact) mass is 267 g/mol. The van der Waals surface area contributed by atoms with Crippen LogP contribution >= 0.6 is 0 Å². The minimum atomic E-state index is -0.660. The molecule has 1 amide bonds. The third-order valence-electron chi connectivity index (χ3n) is 3.84. The second kappa shape index (κ2) is 4.67. The van der Waals surface area contributed by atoms with Gasteiger partial charge in [-0.2, -0.15) is 0 Å². The van der Waals surface area contributed by atoms with Crippen molar-refractivity contribution in [3.8, 4) is 5.75 Å². The highest BCUT2D eigenvalue weighted by molar-refractivity contribution is 5.98. The van der Waals surface area contributed by atoms with Crippen LogP contribution in [0.1, 0.15) is 22.8 Å². The molecule has 2 aromatic rings. The van der Waals surface area contributed by atoms with E-state index in [9.17, 15) is 4.79 Å². The minimum absolute atomic E-state index is 0.00489. The molecule has 0 N–H and O–H groups in total. The maximum absolute atomic E-state index is 12.5. The Morgan fingerprint density at radius 1 is 1.05 bits per heavy atom. The van der Waals surface area contributed by atoms with Gasteiger partial charge in [0, 0.05) is 13.5 Å². The molecule has 1 aliphatic heterocycles. The smallest absolute Gasteiger partial charge is 0.260 e. The van der Waals surface area contributed by atoms with Crippen molar-refractivity contribution in [3.63, 3.8) is 0 Å². The summed E-state index contributed by atoms with van der Waals surface area (Å²) >= 11 is 0. The standard InChI is InChI=1S/C17H17NO2/c1-17(12-13-8-4-3-5-9-13)18(2)16(19)14-10-6-7-11-15(14)20-17/h3-11H,12H2,1-2H3/t17-/m1/s1. The number of rotatable bonds is 2. The SMILES string of the molecule is CN1C(=O)c2ccccc2O[C@]1(C)Cc1ccccc1. The molecular weight excluding hydrogens is 250 g/mol. The molecule has 1 heterocycles. The molecule has 0 fully saturated rings. The van der Waals surface area contributed by atoms with E-state index in [1.54, 1.807) is 18.0 Å². The molecule has 102 valence electrons. The van der Waals surface area contributed by atoms with Gasteiger partial charge < -0.3 is 9.64 Å². The molecule has 0 radical (unpaired) electrons. The number of fused-ring (bicyclic) bond motifs is 1. The van der Waals surface area contributed by atoms with Crippen LogP contribution in [0.4, 0.5) is 0 Å². The maximum Gasteiger partial charge on any atom is 0.260 e. The van der Waals surface area contributed by atoms with Crippen LogP contribution in [0.5, 0.6) is 5.75 Å². The molecule has 0 aliphatic carbocycles. The average Bonchev–Trinajstić information content (AvgIpc) is 2.46. The molecule has 0 bridgehead atoms. The number of benzene rings is 2. The van der Waals surface area contributed by atoms with Gasteiger partial charge >= 0.3 is 0 Å². The van der Waals surface area contributed by atoms with Gasteiger partial charge in [0.25, 0.3) is 5.91 Å². The van der Waals surface area contributed by atoms with Crippen LogP contribution in [-0.2, 0) is 6.42 Å². The molecule has 0 saturated carbocycles. The van der Waals surface area contributed by atoms with Crippen LogP contribution in [0.15, 0.2) is 54.6 Å². The van der Waals surface area contributed by atoms with Crippen LogP contribution in [0.25, 0.3) is 0 Å². The highest BCUT2D eigenvalue weighted by Gasteiger charge is 2.40. The first kappa shape index (κ1) is 12.7. The van der Waals surface area contributed by atoms with E-state index in [0.717, 1.165) is 5.56 Å². The van der Waals surface area contributed by atoms with Gasteiger partial charge in [-0.25, -0.2) is 0 Å². The fraction of sp³-hybridized carbons (Fsp3) is 0.235. The summed E-state index contributed by atoms with van der Waals surface area (Å²) in [4.78, 5) is 14.2. The fourth-order valence-corrected chi connectivity index (χ4v) is 2.56. The lowest BCUT2D eigenvalue weighted by atomic mass is 9.99. The third kappa shape index (κ3) is 2.05. The molecule has 3 nitrogen and oxygen atoms in total. The van der Waals surface area contributed by atoms with E-state index < -0.39 is 5.72 Å². The van der Waals surface area contributed by atoms with E-state index in [1.807, 2.05) is 55.5 Å². The van der Waals surface area contributed by atoms with Crippen LogP contribution in [0.2, 0.25) is 0 Å². The molecule has 1 atom stereocenters. The maximum atomic E-state index is 12.5. The van der Waals surface area contributed by atoms with Crippen molar-refractivity contribution in [2.75, 3.05) is 7.05 Å². The van der Waals surface area contributed by atoms with Gasteiger partial charge in [0.05, 0.1) is 5.56 Å². The summed E-state index contributed by atoms with van der Waals surface area (Å²) in [6.45, 7) is 1.95. The van der Waals surface area contributed by atoms with Gasteiger partial charge in [-0.15, -0.1) is 0 Å². The predicted molar refractivity (Wildman–Crippen MR) is 77.7 cm³/mol. The topological polar surface area (TPSA) is 29.5 Å². The molecule has 1 aliphatic rings. The molecule has 0 saturated heterocycles. The Kier molecular flexibility index (Phi) is 2.97. The van der Waals surface area contributed by atoms with Crippen molar-refractivity contribution in [2.45, 2.75) is 19.1 Å². The molecule has 0 aromatic heterocycles. The van der Waals surface area contributed by atoms with Crippen molar-refractivity contribution >= 4 is 5.91 Å². The summed E-state index contributed by atoms with van der Waals surface area (Å²) in [5.74, 6) is 0.666. The number of nitrogens with zero attached hydrogens (tertiary/aromatic N) is 1. The zero-order valence-electron chi connectivity index (χ0n) is 11.7. The number of hydrogen-bond donors (Lipinski definition) is 0. The Balaban J connectivity index is 1.96. The molecule has 0 spiro atoms. The zero-order valence-corrected chi connectivity index (χ0v) is 11.7. The van der Waals surface area contributed by atoms with Crippen molar-refractivity contribution in [1.29, 1.82) is 0 Å². The highest BCUT2D eigenvalue weighted by Crippen LogP contribution is 2.34. The van der Waals surface area contributed by atoms with E-state index in [1.165, 1.54) is 0 Å². The van der Waals surface area contributed by atoms with Gasteiger partial charge in [0.15, 0.2) is 5.72 Å². The minimum Gasteiger partial charge on any atom is -0.467 e. The predicted octanol–water partition coefficient (Wildman–Crippen LogP) is 3.11. The van der Waals surface area contributed by atoms with Crippen molar-refractivity contribution < 1.29 is 9.53 Å². The van der Waals surface area contributed by atoms with E-state index in [0.29, 0.717) is 17.7 Å². The van der Waals surface area contributed by atoms with Crippen LogP contribution in [0.3, 0.4) is 0 Å². The normalized spacial score (nSPS) is 21.3. The molecular formula is C17H17NO2. The summed E-state index contributed by atoms with van der Waals surface area (Å²) in [7, 11) is 1.79. The first-order valence-electron chi connectivity index (χ1n) is 6.70. The highest BCUT2D eigenvalue weighted by atomic mass is 16.5. The molecule has 3 heteroatoms. The number of para-hydroxylation sites is 1. The third-order valence-corrected chi connectivity index (χ3v) is 3.84. The van der Waals surface area contributed by atoms with Crippen molar-refractivity contribution in [2.24, 2.45) is 0 Å². The first-order valence-corrected chi connectivity index (χ1v) is 6.70. The molecule has 0 unspecified atom stereocenters. The second-order valence-corrected chi connectivity index (χ2v) is 5.30. The van der Waals surface area contributed by atoms with Crippen LogP contribution in [0, 0.1) is 0 Å². The average molecular weight is 267 g/mol. The number of amides is 1. The van der Waals surface area contributed by atoms with Gasteiger partial charge in [-0.1, -0.05) is 42.5 Å². The van der Waals surface area contributed by atoms with E-state index in [4.69, 9.17) is 4.74 Å². The molecule has 2 aromatic carbocycles. The summed E-state index contributed by atoms with van der Waals surface area (Å²) < 4.78 is 6.11. The Labute approximate surface area is 118 Å². The van der Waals surface area contributed by atoms with Gasteiger partial charge in [0.1, 0.15) is 5.75 Å². The first-order chi connectivity index (χ1) is 9.60. The summed E-state index contributed by atoms with van der Waals surface area (Å²) in [6, 6.07) is 17.5. The van der Waals surface area contributed by atoms with Gasteiger partial charge in [-0.3, -0.25) is 4.79 Å². The lowest BCUT2D eigenvalue weighted by molar-refractivity contribution is -0.0499. The number of ether oxygens (including phenoxy) is 1. The van der Waals surface area contributed by atoms with E-state index in [2.05, 4.69) is 0 Å². The quantitative estimate of drug-likeness (QED) is 0.836. The Hall–Kier alpha value is -2.29. The van der Waals surface area contributed by atoms with Crippen LogP contribution < -0.4 is 4.74 Å². The summed E-state index contributed by atoms with van der Waals surface area (Å²) in [5.41, 5.74) is 1.11.